The second-order valence-electron chi connectivity index (χ2n) is 3.04. The first kappa shape index (κ1) is 7.35. The van der Waals surface area contributed by atoms with Crippen LogP contribution in [-0.2, 0) is 4.79 Å². The lowest BCUT2D eigenvalue weighted by atomic mass is 9.98. The highest BCUT2D eigenvalue weighted by molar-refractivity contribution is 5.85. The molecule has 2 rings (SSSR count). The third kappa shape index (κ3) is 1.20. The van der Waals surface area contributed by atoms with E-state index in [9.17, 15) is 4.79 Å². The fourth-order valence-corrected chi connectivity index (χ4v) is 1.60. The second-order valence-corrected chi connectivity index (χ2v) is 3.04. The molecular weight excluding hydrogens is 150 g/mol. The predicted octanol–water partition coefficient (Wildman–Crippen LogP) is 1.29. The summed E-state index contributed by atoms with van der Waals surface area (Å²) in [7, 11) is 0. The SMILES string of the molecule is O=C1NCC[C@@H]1c1ccccc1. The van der Waals surface area contributed by atoms with Gasteiger partial charge in [0, 0.05) is 6.54 Å². The van der Waals surface area contributed by atoms with Crippen LogP contribution in [0.4, 0.5) is 0 Å². The molecule has 0 aliphatic carbocycles. The predicted molar refractivity (Wildman–Crippen MR) is 46.8 cm³/mol. The van der Waals surface area contributed by atoms with E-state index in [1.165, 1.54) is 0 Å². The monoisotopic (exact) mass is 161 g/mol. The van der Waals surface area contributed by atoms with Gasteiger partial charge in [-0.2, -0.15) is 0 Å². The van der Waals surface area contributed by atoms with Crippen molar-refractivity contribution in [2.75, 3.05) is 6.54 Å². The normalized spacial score (nSPS) is 22.3. The van der Waals surface area contributed by atoms with Crippen molar-refractivity contribution in [2.24, 2.45) is 0 Å². The van der Waals surface area contributed by atoms with Crippen molar-refractivity contribution < 1.29 is 4.79 Å². The molecule has 0 aromatic heterocycles. The molecule has 1 saturated heterocycles. The van der Waals surface area contributed by atoms with Gasteiger partial charge in [-0.1, -0.05) is 30.3 Å². The van der Waals surface area contributed by atoms with Crippen molar-refractivity contribution in [3.63, 3.8) is 0 Å². The Kier molecular flexibility index (Phi) is 1.82. The maximum atomic E-state index is 11.3. The molecule has 0 spiro atoms. The highest BCUT2D eigenvalue weighted by Gasteiger charge is 2.24. The van der Waals surface area contributed by atoms with Crippen LogP contribution in [0.1, 0.15) is 17.9 Å². The first-order valence-electron chi connectivity index (χ1n) is 4.20. The molecule has 1 aliphatic heterocycles. The van der Waals surface area contributed by atoms with Crippen LogP contribution in [0.15, 0.2) is 30.3 Å². The maximum Gasteiger partial charge on any atom is 0.227 e. The van der Waals surface area contributed by atoms with Crippen molar-refractivity contribution in [2.45, 2.75) is 12.3 Å². The van der Waals surface area contributed by atoms with Gasteiger partial charge in [-0.15, -0.1) is 0 Å². The van der Waals surface area contributed by atoms with E-state index in [0.29, 0.717) is 0 Å². The first-order chi connectivity index (χ1) is 5.88. The number of amides is 1. The number of nitrogens with one attached hydrogen (secondary N) is 1. The highest BCUT2D eigenvalue weighted by atomic mass is 16.2. The minimum atomic E-state index is 0.0891. The maximum absolute atomic E-state index is 11.3. The molecule has 1 amide bonds. The largest absolute Gasteiger partial charge is 0.356 e. The molecule has 12 heavy (non-hydrogen) atoms. The van der Waals surface area contributed by atoms with Crippen LogP contribution >= 0.6 is 0 Å². The lowest BCUT2D eigenvalue weighted by Gasteiger charge is -2.05. The number of hydrogen-bond donors (Lipinski definition) is 1. The van der Waals surface area contributed by atoms with Crippen LogP contribution in [0.2, 0.25) is 0 Å². The van der Waals surface area contributed by atoms with Crippen molar-refractivity contribution in [1.82, 2.24) is 5.32 Å². The number of benzene rings is 1. The molecule has 0 bridgehead atoms. The second kappa shape index (κ2) is 2.97. The molecule has 0 unspecified atom stereocenters. The standard InChI is InChI=1S/C10H11NO/c12-10-9(6-7-11-10)8-4-2-1-3-5-8/h1-5,9H,6-7H2,(H,11,12)/t9-/m1/s1. The number of rotatable bonds is 1. The Labute approximate surface area is 71.6 Å². The fraction of sp³-hybridized carbons (Fsp3) is 0.300. The summed E-state index contributed by atoms with van der Waals surface area (Å²) in [6, 6.07) is 9.93. The lowest BCUT2D eigenvalue weighted by molar-refractivity contribution is -0.120. The van der Waals surface area contributed by atoms with Gasteiger partial charge in [-0.25, -0.2) is 0 Å². The molecule has 1 atom stereocenters. The minimum Gasteiger partial charge on any atom is -0.356 e. The summed E-state index contributed by atoms with van der Waals surface area (Å²) < 4.78 is 0. The number of carbonyl (C=O) groups is 1. The van der Waals surface area contributed by atoms with Crippen molar-refractivity contribution in [1.29, 1.82) is 0 Å². The molecule has 0 saturated carbocycles. The molecule has 0 radical (unpaired) electrons. The van der Waals surface area contributed by atoms with Gasteiger partial charge in [0.25, 0.3) is 0 Å². The number of carbonyl (C=O) groups excluding carboxylic acids is 1. The zero-order valence-corrected chi connectivity index (χ0v) is 6.79. The van der Waals surface area contributed by atoms with Crippen LogP contribution in [-0.4, -0.2) is 12.5 Å². The smallest absolute Gasteiger partial charge is 0.227 e. The van der Waals surface area contributed by atoms with Crippen LogP contribution in [0.5, 0.6) is 0 Å². The molecular formula is C10H11NO. The molecule has 1 aliphatic rings. The summed E-state index contributed by atoms with van der Waals surface area (Å²) in [5.74, 6) is 0.257. The van der Waals surface area contributed by atoms with E-state index in [-0.39, 0.29) is 11.8 Å². The van der Waals surface area contributed by atoms with Crippen molar-refractivity contribution >= 4 is 5.91 Å². The summed E-state index contributed by atoms with van der Waals surface area (Å²) in [6.07, 6.45) is 0.933. The minimum absolute atomic E-state index is 0.0891. The highest BCUT2D eigenvalue weighted by Crippen LogP contribution is 2.22. The van der Waals surface area contributed by atoms with Gasteiger partial charge in [0.05, 0.1) is 5.92 Å². The van der Waals surface area contributed by atoms with Gasteiger partial charge in [-0.05, 0) is 12.0 Å². The Morgan fingerprint density at radius 1 is 1.25 bits per heavy atom. The Bertz CT molecular complexity index is 281. The lowest BCUT2D eigenvalue weighted by Crippen LogP contribution is -2.17. The average Bonchev–Trinajstić information content (AvgIpc) is 2.53. The Morgan fingerprint density at radius 3 is 2.58 bits per heavy atom. The summed E-state index contributed by atoms with van der Waals surface area (Å²) in [5, 5.41) is 2.83. The van der Waals surface area contributed by atoms with E-state index < -0.39 is 0 Å². The van der Waals surface area contributed by atoms with Gasteiger partial charge >= 0.3 is 0 Å². The summed E-state index contributed by atoms with van der Waals surface area (Å²) in [6.45, 7) is 0.818. The topological polar surface area (TPSA) is 29.1 Å². The van der Waals surface area contributed by atoms with Crippen LogP contribution in [0, 0.1) is 0 Å². The van der Waals surface area contributed by atoms with Gasteiger partial charge in [-0.3, -0.25) is 4.79 Å². The first-order valence-corrected chi connectivity index (χ1v) is 4.20. The zero-order valence-electron chi connectivity index (χ0n) is 6.79. The summed E-state index contributed by atoms with van der Waals surface area (Å²) in [4.78, 5) is 11.3. The van der Waals surface area contributed by atoms with Gasteiger partial charge < -0.3 is 5.32 Å². The molecule has 1 aromatic carbocycles. The third-order valence-corrected chi connectivity index (χ3v) is 2.25. The van der Waals surface area contributed by atoms with Crippen molar-refractivity contribution in [3.05, 3.63) is 35.9 Å². The van der Waals surface area contributed by atoms with E-state index in [2.05, 4.69) is 5.32 Å². The van der Waals surface area contributed by atoms with Crippen LogP contribution < -0.4 is 5.32 Å². The summed E-state index contributed by atoms with van der Waals surface area (Å²) >= 11 is 0. The molecule has 62 valence electrons. The zero-order chi connectivity index (χ0) is 8.39. The quantitative estimate of drug-likeness (QED) is 0.660. The van der Waals surface area contributed by atoms with E-state index in [1.54, 1.807) is 0 Å². The van der Waals surface area contributed by atoms with Gasteiger partial charge in [0.1, 0.15) is 0 Å². The molecule has 1 heterocycles. The molecule has 1 aromatic rings. The summed E-state index contributed by atoms with van der Waals surface area (Å²) in [5.41, 5.74) is 1.13. The molecule has 1 fully saturated rings. The van der Waals surface area contributed by atoms with Crippen molar-refractivity contribution in [3.8, 4) is 0 Å². The van der Waals surface area contributed by atoms with Crippen LogP contribution in [0.3, 0.4) is 0 Å². The van der Waals surface area contributed by atoms with Crippen LogP contribution in [0.25, 0.3) is 0 Å². The molecule has 1 N–H and O–H groups in total. The Balaban J connectivity index is 2.25. The molecule has 2 nitrogen and oxygen atoms in total. The number of hydrogen-bond acceptors (Lipinski definition) is 1. The van der Waals surface area contributed by atoms with E-state index in [1.807, 2.05) is 30.3 Å². The fourth-order valence-electron chi connectivity index (χ4n) is 1.60. The van der Waals surface area contributed by atoms with E-state index in [4.69, 9.17) is 0 Å². The Morgan fingerprint density at radius 2 is 2.00 bits per heavy atom. The van der Waals surface area contributed by atoms with Gasteiger partial charge in [0.15, 0.2) is 0 Å². The Hall–Kier alpha value is -1.31. The molecule has 2 heteroatoms. The third-order valence-electron chi connectivity index (χ3n) is 2.25. The van der Waals surface area contributed by atoms with E-state index in [0.717, 1.165) is 18.5 Å². The van der Waals surface area contributed by atoms with E-state index >= 15 is 0 Å². The average molecular weight is 161 g/mol. The van der Waals surface area contributed by atoms with Gasteiger partial charge in [0.2, 0.25) is 5.91 Å².